The van der Waals surface area contributed by atoms with Gasteiger partial charge in [-0.3, -0.25) is 4.79 Å². The third-order valence-electron chi connectivity index (χ3n) is 4.40. The molecule has 1 aliphatic rings. The van der Waals surface area contributed by atoms with E-state index in [1.54, 1.807) is 0 Å². The Morgan fingerprint density at radius 3 is 2.79 bits per heavy atom. The lowest BCUT2D eigenvalue weighted by Gasteiger charge is -2.33. The summed E-state index contributed by atoms with van der Waals surface area (Å²) in [6.45, 7) is 9.29. The van der Waals surface area contributed by atoms with E-state index in [4.69, 9.17) is 5.73 Å². The van der Waals surface area contributed by atoms with Gasteiger partial charge in [0.2, 0.25) is 5.91 Å². The van der Waals surface area contributed by atoms with Crippen molar-refractivity contribution in [3.05, 3.63) is 0 Å². The molecule has 0 aromatic carbocycles. The molecule has 112 valence electrons. The summed E-state index contributed by atoms with van der Waals surface area (Å²) in [5, 5.41) is 3.31. The van der Waals surface area contributed by atoms with Crippen LogP contribution in [-0.2, 0) is 4.79 Å². The number of rotatable bonds is 7. The Morgan fingerprint density at radius 2 is 2.16 bits per heavy atom. The Balaban J connectivity index is 2.52. The Labute approximate surface area is 118 Å². The number of carbonyl (C=O) groups is 1. The summed E-state index contributed by atoms with van der Waals surface area (Å²) < 4.78 is 0. The molecule has 0 radical (unpaired) electrons. The minimum Gasteiger partial charge on any atom is -0.368 e. The van der Waals surface area contributed by atoms with Gasteiger partial charge in [0, 0.05) is 12.6 Å². The van der Waals surface area contributed by atoms with Crippen LogP contribution in [0.25, 0.3) is 0 Å². The third kappa shape index (κ3) is 5.11. The molecule has 1 saturated heterocycles. The number of nitrogens with zero attached hydrogens (tertiary/aromatic N) is 1. The van der Waals surface area contributed by atoms with Gasteiger partial charge in [0.1, 0.15) is 0 Å². The lowest BCUT2D eigenvalue weighted by Crippen LogP contribution is -2.55. The molecular formula is C15H31N3O. The van der Waals surface area contributed by atoms with Crippen molar-refractivity contribution in [3.8, 4) is 0 Å². The molecule has 1 aliphatic heterocycles. The first-order valence-electron chi connectivity index (χ1n) is 7.78. The molecule has 4 nitrogen and oxygen atoms in total. The standard InChI is InChI=1S/C15H31N3O/c1-4-10-17-15(3,14(16)19)9-12-18-11-7-5-6-8-13(18)2/h13,17H,4-12H2,1-3H3,(H2,16,19). The van der Waals surface area contributed by atoms with Crippen LogP contribution in [0, 0.1) is 0 Å². The first kappa shape index (κ1) is 16.4. The normalized spacial score (nSPS) is 24.7. The lowest BCUT2D eigenvalue weighted by molar-refractivity contribution is -0.124. The predicted octanol–water partition coefficient (Wildman–Crippen LogP) is 1.88. The monoisotopic (exact) mass is 269 g/mol. The largest absolute Gasteiger partial charge is 0.368 e. The van der Waals surface area contributed by atoms with Gasteiger partial charge in [-0.05, 0) is 52.6 Å². The van der Waals surface area contributed by atoms with Crippen molar-refractivity contribution in [2.24, 2.45) is 5.73 Å². The number of amides is 1. The quantitative estimate of drug-likeness (QED) is 0.742. The minimum atomic E-state index is -0.567. The molecule has 1 heterocycles. The smallest absolute Gasteiger partial charge is 0.237 e. The maximum atomic E-state index is 11.7. The number of nitrogens with one attached hydrogen (secondary N) is 1. The number of carbonyl (C=O) groups excluding carboxylic acids is 1. The SMILES string of the molecule is CCCNC(C)(CCN1CCCCCC1C)C(N)=O. The zero-order valence-corrected chi connectivity index (χ0v) is 12.9. The van der Waals surface area contributed by atoms with E-state index in [0.29, 0.717) is 6.04 Å². The fourth-order valence-electron chi connectivity index (χ4n) is 2.73. The topological polar surface area (TPSA) is 58.4 Å². The number of likely N-dealkylation sites (tertiary alicyclic amines) is 1. The van der Waals surface area contributed by atoms with Crippen molar-refractivity contribution >= 4 is 5.91 Å². The highest BCUT2D eigenvalue weighted by Gasteiger charge is 2.31. The van der Waals surface area contributed by atoms with Crippen molar-refractivity contribution in [2.75, 3.05) is 19.6 Å². The van der Waals surface area contributed by atoms with Crippen LogP contribution in [0.3, 0.4) is 0 Å². The number of hydrogen-bond donors (Lipinski definition) is 2. The van der Waals surface area contributed by atoms with Crippen molar-refractivity contribution in [3.63, 3.8) is 0 Å². The Morgan fingerprint density at radius 1 is 1.42 bits per heavy atom. The summed E-state index contributed by atoms with van der Waals surface area (Å²) in [4.78, 5) is 14.2. The van der Waals surface area contributed by atoms with E-state index in [-0.39, 0.29) is 5.91 Å². The molecule has 0 aromatic rings. The van der Waals surface area contributed by atoms with Crippen LogP contribution < -0.4 is 11.1 Å². The second-order valence-corrected chi connectivity index (χ2v) is 6.11. The molecule has 0 spiro atoms. The summed E-state index contributed by atoms with van der Waals surface area (Å²) in [6.07, 6.45) is 7.03. The Bertz CT molecular complexity index is 283. The second-order valence-electron chi connectivity index (χ2n) is 6.11. The van der Waals surface area contributed by atoms with Crippen LogP contribution in [0.15, 0.2) is 0 Å². The fraction of sp³-hybridized carbons (Fsp3) is 0.933. The van der Waals surface area contributed by atoms with Gasteiger partial charge in [0.05, 0.1) is 5.54 Å². The first-order chi connectivity index (χ1) is 8.99. The third-order valence-corrected chi connectivity index (χ3v) is 4.40. The summed E-state index contributed by atoms with van der Waals surface area (Å²) in [5.74, 6) is -0.233. The summed E-state index contributed by atoms with van der Waals surface area (Å²) in [6, 6.07) is 0.630. The zero-order chi connectivity index (χ0) is 14.3. The number of nitrogens with two attached hydrogens (primary N) is 1. The van der Waals surface area contributed by atoms with E-state index < -0.39 is 5.54 Å². The highest BCUT2D eigenvalue weighted by Crippen LogP contribution is 2.19. The summed E-state index contributed by atoms with van der Waals surface area (Å²) in [7, 11) is 0. The summed E-state index contributed by atoms with van der Waals surface area (Å²) in [5.41, 5.74) is 5.01. The molecule has 2 unspecified atom stereocenters. The molecule has 3 N–H and O–H groups in total. The molecule has 2 atom stereocenters. The lowest BCUT2D eigenvalue weighted by atomic mass is 9.96. The van der Waals surface area contributed by atoms with Crippen molar-refractivity contribution in [1.29, 1.82) is 0 Å². The zero-order valence-electron chi connectivity index (χ0n) is 12.9. The molecule has 0 saturated carbocycles. The Kier molecular flexibility index (Phi) is 6.80. The van der Waals surface area contributed by atoms with E-state index in [2.05, 4.69) is 24.1 Å². The van der Waals surface area contributed by atoms with Crippen LogP contribution in [0.4, 0.5) is 0 Å². The molecule has 0 aliphatic carbocycles. The van der Waals surface area contributed by atoms with E-state index >= 15 is 0 Å². The van der Waals surface area contributed by atoms with E-state index in [0.717, 1.165) is 32.5 Å². The maximum Gasteiger partial charge on any atom is 0.237 e. The van der Waals surface area contributed by atoms with Gasteiger partial charge in [-0.2, -0.15) is 0 Å². The summed E-state index contributed by atoms with van der Waals surface area (Å²) >= 11 is 0. The average Bonchev–Trinajstić information content (AvgIpc) is 2.58. The molecule has 4 heteroatoms. The molecule has 1 amide bonds. The molecular weight excluding hydrogens is 238 g/mol. The van der Waals surface area contributed by atoms with Gasteiger partial charge in [-0.1, -0.05) is 19.8 Å². The van der Waals surface area contributed by atoms with Crippen LogP contribution >= 0.6 is 0 Å². The van der Waals surface area contributed by atoms with Gasteiger partial charge in [0.25, 0.3) is 0 Å². The number of hydrogen-bond acceptors (Lipinski definition) is 3. The van der Waals surface area contributed by atoms with Crippen LogP contribution in [0.1, 0.15) is 59.3 Å². The van der Waals surface area contributed by atoms with E-state index in [9.17, 15) is 4.79 Å². The van der Waals surface area contributed by atoms with Crippen molar-refractivity contribution in [2.45, 2.75) is 70.9 Å². The van der Waals surface area contributed by atoms with E-state index in [1.807, 2.05) is 6.92 Å². The van der Waals surface area contributed by atoms with E-state index in [1.165, 1.54) is 25.7 Å². The molecule has 1 rings (SSSR count). The molecule has 0 aromatic heterocycles. The number of primary amides is 1. The van der Waals surface area contributed by atoms with Crippen LogP contribution in [0.5, 0.6) is 0 Å². The first-order valence-corrected chi connectivity index (χ1v) is 7.78. The van der Waals surface area contributed by atoms with Gasteiger partial charge in [0.15, 0.2) is 0 Å². The van der Waals surface area contributed by atoms with Crippen LogP contribution in [-0.4, -0.2) is 42.0 Å². The minimum absolute atomic E-state index is 0.233. The Hall–Kier alpha value is -0.610. The van der Waals surface area contributed by atoms with Gasteiger partial charge < -0.3 is 16.0 Å². The molecule has 0 bridgehead atoms. The molecule has 1 fully saturated rings. The highest BCUT2D eigenvalue weighted by molar-refractivity contribution is 5.84. The second kappa shape index (κ2) is 7.85. The van der Waals surface area contributed by atoms with Gasteiger partial charge in [-0.15, -0.1) is 0 Å². The maximum absolute atomic E-state index is 11.7. The highest BCUT2D eigenvalue weighted by atomic mass is 16.1. The molecule has 19 heavy (non-hydrogen) atoms. The fourth-order valence-corrected chi connectivity index (χ4v) is 2.73. The van der Waals surface area contributed by atoms with Gasteiger partial charge in [-0.25, -0.2) is 0 Å². The van der Waals surface area contributed by atoms with Crippen LogP contribution in [0.2, 0.25) is 0 Å². The van der Waals surface area contributed by atoms with Gasteiger partial charge >= 0.3 is 0 Å². The average molecular weight is 269 g/mol. The predicted molar refractivity (Wildman–Crippen MR) is 80.0 cm³/mol. The van der Waals surface area contributed by atoms with Crippen molar-refractivity contribution < 1.29 is 4.79 Å². The van der Waals surface area contributed by atoms with Crippen molar-refractivity contribution in [1.82, 2.24) is 10.2 Å².